The molecule has 0 aliphatic carbocycles. The fraction of sp³-hybridized carbons (Fsp3) is 0.250. The predicted octanol–water partition coefficient (Wildman–Crippen LogP) is 2.70. The van der Waals surface area contributed by atoms with Gasteiger partial charge in [0.1, 0.15) is 6.04 Å². The van der Waals surface area contributed by atoms with E-state index in [1.165, 1.54) is 7.11 Å². The minimum atomic E-state index is -0.961. The van der Waals surface area contributed by atoms with Gasteiger partial charge in [0.25, 0.3) is 11.8 Å². The highest BCUT2D eigenvalue weighted by molar-refractivity contribution is 6.22. The number of carbonyl (C=O) groups is 3. The molecule has 1 aliphatic heterocycles. The zero-order valence-corrected chi connectivity index (χ0v) is 14.1. The Kier molecular flexibility index (Phi) is 4.65. The van der Waals surface area contributed by atoms with Gasteiger partial charge < -0.3 is 4.74 Å². The Morgan fingerprint density at radius 1 is 0.960 bits per heavy atom. The van der Waals surface area contributed by atoms with E-state index >= 15 is 0 Å². The van der Waals surface area contributed by atoms with E-state index in [1.807, 2.05) is 37.3 Å². The summed E-state index contributed by atoms with van der Waals surface area (Å²) in [6, 6.07) is 15.3. The quantitative estimate of drug-likeness (QED) is 0.622. The van der Waals surface area contributed by atoms with E-state index in [0.29, 0.717) is 17.5 Å². The molecule has 0 radical (unpaired) electrons. The Morgan fingerprint density at radius 3 is 2.00 bits per heavy atom. The molecule has 2 aromatic rings. The molecular formula is C20H19NO4. The third-order valence-corrected chi connectivity index (χ3v) is 4.49. The van der Waals surface area contributed by atoms with Gasteiger partial charge in [0.2, 0.25) is 0 Å². The normalized spacial score (nSPS) is 15.7. The second kappa shape index (κ2) is 6.89. The summed E-state index contributed by atoms with van der Waals surface area (Å²) < 4.78 is 4.89. The van der Waals surface area contributed by atoms with Crippen LogP contribution in [-0.4, -0.2) is 35.8 Å². The van der Waals surface area contributed by atoms with Crippen LogP contribution < -0.4 is 0 Å². The lowest BCUT2D eigenvalue weighted by atomic mass is 9.92. The lowest BCUT2D eigenvalue weighted by Gasteiger charge is -2.29. The minimum Gasteiger partial charge on any atom is -0.467 e. The molecule has 1 aliphatic rings. The van der Waals surface area contributed by atoms with Crippen LogP contribution in [0, 0.1) is 5.92 Å². The van der Waals surface area contributed by atoms with Crippen molar-refractivity contribution in [3.8, 4) is 0 Å². The molecule has 25 heavy (non-hydrogen) atoms. The number of rotatable bonds is 5. The summed E-state index contributed by atoms with van der Waals surface area (Å²) in [6.07, 6.45) is 0.550. The summed E-state index contributed by atoms with van der Waals surface area (Å²) in [4.78, 5) is 38.9. The average molecular weight is 337 g/mol. The molecule has 0 aromatic heterocycles. The van der Waals surface area contributed by atoms with Gasteiger partial charge in [-0.3, -0.25) is 14.5 Å². The molecule has 0 fully saturated rings. The molecule has 2 aromatic carbocycles. The van der Waals surface area contributed by atoms with Gasteiger partial charge >= 0.3 is 5.97 Å². The monoisotopic (exact) mass is 337 g/mol. The first kappa shape index (κ1) is 16.9. The predicted molar refractivity (Wildman–Crippen MR) is 92.1 cm³/mol. The second-order valence-electron chi connectivity index (χ2n) is 6.16. The maximum absolute atomic E-state index is 12.7. The molecule has 5 heteroatoms. The van der Waals surface area contributed by atoms with Crippen molar-refractivity contribution < 1.29 is 19.1 Å². The van der Waals surface area contributed by atoms with Gasteiger partial charge in [0.05, 0.1) is 18.2 Å². The average Bonchev–Trinajstić information content (AvgIpc) is 2.88. The number of amides is 2. The number of ether oxygens (including phenoxy) is 1. The third-order valence-electron chi connectivity index (χ3n) is 4.49. The molecule has 2 atom stereocenters. The second-order valence-corrected chi connectivity index (χ2v) is 6.16. The highest BCUT2D eigenvalue weighted by Gasteiger charge is 2.45. The van der Waals surface area contributed by atoms with Crippen LogP contribution in [0.4, 0.5) is 0 Å². The van der Waals surface area contributed by atoms with Crippen molar-refractivity contribution in [2.45, 2.75) is 19.4 Å². The Hall–Kier alpha value is -2.95. The highest BCUT2D eigenvalue weighted by atomic mass is 16.5. The fourth-order valence-electron chi connectivity index (χ4n) is 3.27. The van der Waals surface area contributed by atoms with Gasteiger partial charge in [0, 0.05) is 0 Å². The number of benzene rings is 2. The van der Waals surface area contributed by atoms with Gasteiger partial charge in [-0.25, -0.2) is 4.79 Å². The molecule has 3 rings (SSSR count). The van der Waals surface area contributed by atoms with E-state index in [1.54, 1.807) is 24.3 Å². The first-order valence-electron chi connectivity index (χ1n) is 8.13. The number of nitrogens with zero attached hydrogens (tertiary/aromatic N) is 1. The third kappa shape index (κ3) is 3.05. The molecule has 2 amide bonds. The van der Waals surface area contributed by atoms with Crippen molar-refractivity contribution >= 4 is 17.8 Å². The molecule has 0 unspecified atom stereocenters. The van der Waals surface area contributed by atoms with Crippen LogP contribution in [0.1, 0.15) is 33.2 Å². The van der Waals surface area contributed by atoms with Crippen LogP contribution in [-0.2, 0) is 16.0 Å². The van der Waals surface area contributed by atoms with E-state index < -0.39 is 23.8 Å². The SMILES string of the molecule is COC(=O)[C@H]([C@@H](C)Cc1ccccc1)N1C(=O)c2ccccc2C1=O. The molecular weight excluding hydrogens is 318 g/mol. The van der Waals surface area contributed by atoms with Crippen LogP contribution >= 0.6 is 0 Å². The smallest absolute Gasteiger partial charge is 0.329 e. The van der Waals surface area contributed by atoms with E-state index in [0.717, 1.165) is 10.5 Å². The largest absolute Gasteiger partial charge is 0.467 e. The molecule has 0 spiro atoms. The first-order valence-corrected chi connectivity index (χ1v) is 8.13. The molecule has 0 N–H and O–H groups in total. The lowest BCUT2D eigenvalue weighted by Crippen LogP contribution is -2.49. The van der Waals surface area contributed by atoms with Crippen molar-refractivity contribution in [3.63, 3.8) is 0 Å². The highest BCUT2D eigenvalue weighted by Crippen LogP contribution is 2.28. The number of imide groups is 1. The summed E-state index contributed by atoms with van der Waals surface area (Å²) in [5.74, 6) is -1.76. The van der Waals surface area contributed by atoms with Crippen molar-refractivity contribution in [2.75, 3.05) is 7.11 Å². The first-order chi connectivity index (χ1) is 12.0. The van der Waals surface area contributed by atoms with Gasteiger partial charge in [-0.15, -0.1) is 0 Å². The Balaban J connectivity index is 1.93. The maximum atomic E-state index is 12.7. The molecule has 0 saturated carbocycles. The van der Waals surface area contributed by atoms with Crippen molar-refractivity contribution in [1.82, 2.24) is 4.90 Å². The van der Waals surface area contributed by atoms with Gasteiger partial charge in [-0.2, -0.15) is 0 Å². The summed E-state index contributed by atoms with van der Waals surface area (Å²) in [5.41, 5.74) is 1.68. The Morgan fingerprint density at radius 2 is 1.48 bits per heavy atom. The zero-order valence-electron chi connectivity index (χ0n) is 14.1. The van der Waals surface area contributed by atoms with Crippen LogP contribution in [0.25, 0.3) is 0 Å². The molecule has 0 bridgehead atoms. The topological polar surface area (TPSA) is 63.7 Å². The fourth-order valence-corrected chi connectivity index (χ4v) is 3.27. The van der Waals surface area contributed by atoms with Crippen LogP contribution in [0.5, 0.6) is 0 Å². The number of carbonyl (C=O) groups excluding carboxylic acids is 3. The van der Waals surface area contributed by atoms with E-state index in [4.69, 9.17) is 4.74 Å². The molecule has 5 nitrogen and oxygen atoms in total. The van der Waals surface area contributed by atoms with Gasteiger partial charge in [-0.05, 0) is 30.0 Å². The van der Waals surface area contributed by atoms with Crippen LogP contribution in [0.3, 0.4) is 0 Å². The van der Waals surface area contributed by atoms with Crippen LogP contribution in [0.15, 0.2) is 54.6 Å². The lowest BCUT2D eigenvalue weighted by molar-refractivity contribution is -0.147. The number of hydrogen-bond donors (Lipinski definition) is 0. The minimum absolute atomic E-state index is 0.280. The van der Waals surface area contributed by atoms with Gasteiger partial charge in [-0.1, -0.05) is 49.4 Å². The maximum Gasteiger partial charge on any atom is 0.329 e. The van der Waals surface area contributed by atoms with Crippen molar-refractivity contribution in [1.29, 1.82) is 0 Å². The van der Waals surface area contributed by atoms with E-state index in [9.17, 15) is 14.4 Å². The summed E-state index contributed by atoms with van der Waals surface area (Å²) in [7, 11) is 1.27. The number of methoxy groups -OCH3 is 1. The standard InChI is InChI=1S/C20H19NO4/c1-13(12-14-8-4-3-5-9-14)17(20(24)25-2)21-18(22)15-10-6-7-11-16(15)19(21)23/h3-11,13,17H,12H2,1-2H3/t13-,17-/m0/s1. The van der Waals surface area contributed by atoms with Crippen molar-refractivity contribution in [2.24, 2.45) is 5.92 Å². The summed E-state index contributed by atoms with van der Waals surface area (Å²) in [6.45, 7) is 1.85. The van der Waals surface area contributed by atoms with E-state index in [2.05, 4.69) is 0 Å². The van der Waals surface area contributed by atoms with Gasteiger partial charge in [0.15, 0.2) is 0 Å². The van der Waals surface area contributed by atoms with E-state index in [-0.39, 0.29) is 5.92 Å². The number of esters is 1. The number of hydrogen-bond acceptors (Lipinski definition) is 4. The molecule has 1 heterocycles. The van der Waals surface area contributed by atoms with Crippen molar-refractivity contribution in [3.05, 3.63) is 71.3 Å². The number of fused-ring (bicyclic) bond motifs is 1. The summed E-state index contributed by atoms with van der Waals surface area (Å²) >= 11 is 0. The zero-order chi connectivity index (χ0) is 18.0. The molecule has 0 saturated heterocycles. The Bertz CT molecular complexity index is 780. The van der Waals surface area contributed by atoms with Crippen LogP contribution in [0.2, 0.25) is 0 Å². The Labute approximate surface area is 146 Å². The molecule has 128 valence electrons. The summed E-state index contributed by atoms with van der Waals surface area (Å²) in [5, 5.41) is 0.